The van der Waals surface area contributed by atoms with Crippen molar-refractivity contribution in [3.8, 4) is 0 Å². The first kappa shape index (κ1) is 13.9. The summed E-state index contributed by atoms with van der Waals surface area (Å²) in [6.07, 6.45) is -2.40. The molecule has 0 saturated carbocycles. The molecule has 1 N–H and O–H groups in total. The number of fused-ring (bicyclic) bond motifs is 1. The number of hydrogen-bond donors (Lipinski definition) is 1. The molecule has 0 fully saturated rings. The molecular weight excluding hydrogens is 252 g/mol. The van der Waals surface area contributed by atoms with Gasteiger partial charge in [-0.25, -0.2) is 8.78 Å². The third kappa shape index (κ3) is 3.71. The third-order valence-corrected chi connectivity index (χ3v) is 2.79. The van der Waals surface area contributed by atoms with E-state index >= 15 is 0 Å². The highest BCUT2D eigenvalue weighted by molar-refractivity contribution is 5.81. The van der Waals surface area contributed by atoms with Gasteiger partial charge in [-0.15, -0.1) is 0 Å². The van der Waals surface area contributed by atoms with Crippen molar-refractivity contribution in [2.75, 3.05) is 19.8 Å². The maximum absolute atomic E-state index is 11.8. The van der Waals surface area contributed by atoms with Gasteiger partial charge in [0, 0.05) is 25.5 Å². The molecule has 104 valence electrons. The molecule has 4 nitrogen and oxygen atoms in total. The zero-order valence-corrected chi connectivity index (χ0v) is 10.8. The van der Waals surface area contributed by atoms with Crippen molar-refractivity contribution in [3.05, 3.63) is 30.0 Å². The Kier molecular flexibility index (Phi) is 4.81. The second-order valence-corrected chi connectivity index (χ2v) is 4.23. The van der Waals surface area contributed by atoms with Gasteiger partial charge < -0.3 is 10.1 Å². The number of aryl methyl sites for hydroxylation is 1. The van der Waals surface area contributed by atoms with E-state index in [1.54, 1.807) is 0 Å². The number of halogens is 2. The summed E-state index contributed by atoms with van der Waals surface area (Å²) in [6.45, 7) is 0.889. The zero-order valence-electron chi connectivity index (χ0n) is 10.8. The fourth-order valence-electron chi connectivity index (χ4n) is 1.94. The predicted molar refractivity (Wildman–Crippen MR) is 69.2 cm³/mol. The van der Waals surface area contributed by atoms with Crippen molar-refractivity contribution < 1.29 is 13.5 Å². The summed E-state index contributed by atoms with van der Waals surface area (Å²) in [5, 5.41) is 8.67. The Balaban J connectivity index is 1.82. The van der Waals surface area contributed by atoms with Crippen LogP contribution in [-0.4, -0.2) is 36.0 Å². The van der Waals surface area contributed by atoms with Crippen LogP contribution in [0.15, 0.2) is 24.3 Å². The molecule has 6 heteroatoms. The number of ether oxygens (including phenoxy) is 1. The number of aromatic nitrogens is 2. The summed E-state index contributed by atoms with van der Waals surface area (Å²) in [4.78, 5) is 0. The summed E-state index contributed by atoms with van der Waals surface area (Å²) in [7, 11) is 1.90. The Hall–Kier alpha value is -1.53. The van der Waals surface area contributed by atoms with Gasteiger partial charge in [0.1, 0.15) is 6.61 Å². The Bertz CT molecular complexity index is 528. The van der Waals surface area contributed by atoms with E-state index in [2.05, 4.69) is 10.4 Å². The van der Waals surface area contributed by atoms with E-state index in [1.165, 1.54) is 0 Å². The second-order valence-electron chi connectivity index (χ2n) is 4.23. The highest BCUT2D eigenvalue weighted by Gasteiger charge is 2.07. The standard InChI is InChI=1S/C13H17F2N3O/c1-18-12-5-3-2-4-10(12)11(17-18)8-16-6-7-19-9-13(14)15/h2-5,13,16H,6-9H2,1H3. The van der Waals surface area contributed by atoms with Gasteiger partial charge in [-0.2, -0.15) is 5.10 Å². The molecule has 19 heavy (non-hydrogen) atoms. The van der Waals surface area contributed by atoms with Crippen LogP contribution in [0.2, 0.25) is 0 Å². The highest BCUT2D eigenvalue weighted by Crippen LogP contribution is 2.16. The first-order valence-corrected chi connectivity index (χ1v) is 6.15. The molecule has 2 rings (SSSR count). The van der Waals surface area contributed by atoms with Crippen molar-refractivity contribution >= 4 is 10.9 Å². The fraction of sp³-hybridized carbons (Fsp3) is 0.462. The summed E-state index contributed by atoms with van der Waals surface area (Å²) < 4.78 is 30.3. The third-order valence-electron chi connectivity index (χ3n) is 2.79. The Morgan fingerprint density at radius 1 is 1.37 bits per heavy atom. The molecule has 0 bridgehead atoms. The number of rotatable bonds is 7. The van der Waals surface area contributed by atoms with Crippen LogP contribution in [0, 0.1) is 0 Å². The Labute approximate surface area is 110 Å². The molecule has 0 atom stereocenters. The molecule has 1 aromatic heterocycles. The van der Waals surface area contributed by atoms with Crippen molar-refractivity contribution in [1.29, 1.82) is 0 Å². The topological polar surface area (TPSA) is 39.1 Å². The van der Waals surface area contributed by atoms with Crippen LogP contribution in [0.5, 0.6) is 0 Å². The largest absolute Gasteiger partial charge is 0.374 e. The number of alkyl halides is 2. The number of nitrogens with one attached hydrogen (secondary N) is 1. The molecule has 0 amide bonds. The second kappa shape index (κ2) is 6.58. The van der Waals surface area contributed by atoms with Crippen LogP contribution in [-0.2, 0) is 18.3 Å². The van der Waals surface area contributed by atoms with Gasteiger partial charge >= 0.3 is 0 Å². The van der Waals surface area contributed by atoms with E-state index in [9.17, 15) is 8.78 Å². The minimum Gasteiger partial charge on any atom is -0.374 e. The average molecular weight is 269 g/mol. The lowest BCUT2D eigenvalue weighted by atomic mass is 10.2. The fourth-order valence-corrected chi connectivity index (χ4v) is 1.94. The van der Waals surface area contributed by atoms with Crippen LogP contribution in [0.4, 0.5) is 8.78 Å². The predicted octanol–water partition coefficient (Wildman–Crippen LogP) is 1.94. The molecule has 0 aliphatic rings. The van der Waals surface area contributed by atoms with Gasteiger partial charge in [-0.3, -0.25) is 4.68 Å². The van der Waals surface area contributed by atoms with E-state index in [1.807, 2.05) is 36.0 Å². The summed E-state index contributed by atoms with van der Waals surface area (Å²) in [6, 6.07) is 7.98. The number of para-hydroxylation sites is 1. The molecule has 0 radical (unpaired) electrons. The monoisotopic (exact) mass is 269 g/mol. The maximum Gasteiger partial charge on any atom is 0.261 e. The average Bonchev–Trinajstić information content (AvgIpc) is 2.71. The lowest BCUT2D eigenvalue weighted by molar-refractivity contribution is 0.0187. The molecule has 2 aromatic rings. The van der Waals surface area contributed by atoms with Crippen molar-refractivity contribution in [2.45, 2.75) is 13.0 Å². The molecule has 1 aromatic carbocycles. The van der Waals surface area contributed by atoms with Crippen LogP contribution >= 0.6 is 0 Å². The Morgan fingerprint density at radius 3 is 2.95 bits per heavy atom. The van der Waals surface area contributed by atoms with E-state index in [0.29, 0.717) is 13.1 Å². The van der Waals surface area contributed by atoms with E-state index in [0.717, 1.165) is 16.6 Å². The SMILES string of the molecule is Cn1nc(CNCCOCC(F)F)c2ccccc21. The zero-order chi connectivity index (χ0) is 13.7. The quantitative estimate of drug-likeness (QED) is 0.781. The van der Waals surface area contributed by atoms with Gasteiger partial charge in [-0.05, 0) is 6.07 Å². The molecule has 0 aliphatic carbocycles. The molecule has 1 heterocycles. The van der Waals surface area contributed by atoms with Gasteiger partial charge in [0.2, 0.25) is 0 Å². The lowest BCUT2D eigenvalue weighted by Gasteiger charge is -2.04. The smallest absolute Gasteiger partial charge is 0.261 e. The summed E-state index contributed by atoms with van der Waals surface area (Å²) in [5.41, 5.74) is 2.03. The van der Waals surface area contributed by atoms with E-state index in [4.69, 9.17) is 4.74 Å². The number of benzene rings is 1. The normalized spacial score (nSPS) is 11.6. The number of hydrogen-bond acceptors (Lipinski definition) is 3. The van der Waals surface area contributed by atoms with Crippen LogP contribution in [0.25, 0.3) is 10.9 Å². The maximum atomic E-state index is 11.8. The van der Waals surface area contributed by atoms with E-state index < -0.39 is 13.0 Å². The van der Waals surface area contributed by atoms with Crippen molar-refractivity contribution in [2.24, 2.45) is 7.05 Å². The van der Waals surface area contributed by atoms with Gasteiger partial charge in [0.05, 0.1) is 17.8 Å². The molecule has 0 unspecified atom stereocenters. The molecule has 0 saturated heterocycles. The van der Waals surface area contributed by atoms with Gasteiger partial charge in [0.15, 0.2) is 0 Å². The van der Waals surface area contributed by atoms with Gasteiger partial charge in [-0.1, -0.05) is 18.2 Å². The van der Waals surface area contributed by atoms with Crippen molar-refractivity contribution in [1.82, 2.24) is 15.1 Å². The first-order valence-electron chi connectivity index (χ1n) is 6.15. The Morgan fingerprint density at radius 2 is 2.16 bits per heavy atom. The first-order chi connectivity index (χ1) is 9.18. The minimum absolute atomic E-state index is 0.273. The van der Waals surface area contributed by atoms with Crippen molar-refractivity contribution in [3.63, 3.8) is 0 Å². The van der Waals surface area contributed by atoms with E-state index in [-0.39, 0.29) is 6.61 Å². The molecular formula is C13H17F2N3O. The number of nitrogens with zero attached hydrogens (tertiary/aromatic N) is 2. The lowest BCUT2D eigenvalue weighted by Crippen LogP contribution is -2.21. The van der Waals surface area contributed by atoms with Crippen LogP contribution in [0.1, 0.15) is 5.69 Å². The summed E-state index contributed by atoms with van der Waals surface area (Å²) in [5.74, 6) is 0. The van der Waals surface area contributed by atoms with Crippen LogP contribution < -0.4 is 5.32 Å². The minimum atomic E-state index is -2.40. The summed E-state index contributed by atoms with van der Waals surface area (Å²) >= 11 is 0. The molecule has 0 aliphatic heterocycles. The highest BCUT2D eigenvalue weighted by atomic mass is 19.3. The van der Waals surface area contributed by atoms with Gasteiger partial charge in [0.25, 0.3) is 6.43 Å². The van der Waals surface area contributed by atoms with Crippen LogP contribution in [0.3, 0.4) is 0 Å². The molecule has 0 spiro atoms.